The molecule has 14 heteroatoms. The van der Waals surface area contributed by atoms with Gasteiger partial charge in [0.1, 0.15) is 5.69 Å². The Morgan fingerprint density at radius 2 is 1.92 bits per heavy atom. The maximum Gasteiger partial charge on any atom is 0.435 e. The maximum absolute atomic E-state index is 13.5. The number of nitrogens with one attached hydrogen (secondary N) is 2. The predicted octanol–water partition coefficient (Wildman–Crippen LogP) is 4.87. The lowest BCUT2D eigenvalue weighted by molar-refractivity contribution is -0.141. The molecule has 1 fully saturated rings. The van der Waals surface area contributed by atoms with E-state index < -0.39 is 29.4 Å². The maximum atomic E-state index is 13.5. The van der Waals surface area contributed by atoms with Crippen molar-refractivity contribution in [1.29, 1.82) is 0 Å². The van der Waals surface area contributed by atoms with Crippen LogP contribution < -0.4 is 10.6 Å². The van der Waals surface area contributed by atoms with E-state index in [1.807, 2.05) is 0 Å². The molecule has 0 bridgehead atoms. The zero-order valence-corrected chi connectivity index (χ0v) is 20.6. The number of carbonyl (C=O) groups excluding carboxylic acids is 2. The van der Waals surface area contributed by atoms with Gasteiger partial charge in [-0.05, 0) is 37.0 Å². The number of pyridine rings is 1. The number of alkyl halides is 3. The number of benzene rings is 1. The standard InChI is InChI=1S/C23H18Cl2F3N7O2/c1-34-10-31-14-7-12(21(36)30-9-11-4-5-11)18(17(25)19(14)34)32-22(37)15-8-16(23(26,27)28)33-35(15)20-13(24)3-2-6-29-20/h2-3,6-8,10-11H,4-5,9H2,1H3,(H,30,36)(H,32,37). The molecule has 9 nitrogen and oxygen atoms in total. The fraction of sp³-hybridized carbons (Fsp3) is 0.261. The normalized spacial score (nSPS) is 13.7. The minimum atomic E-state index is -4.85. The Balaban J connectivity index is 1.59. The van der Waals surface area contributed by atoms with Crippen LogP contribution in [0, 0.1) is 5.92 Å². The van der Waals surface area contributed by atoms with Crippen LogP contribution in [0.15, 0.2) is 36.8 Å². The summed E-state index contributed by atoms with van der Waals surface area (Å²) in [5.74, 6) is -1.31. The first-order valence-corrected chi connectivity index (χ1v) is 11.8. The lowest BCUT2D eigenvalue weighted by Crippen LogP contribution is -2.27. The molecule has 0 radical (unpaired) electrons. The Hall–Kier alpha value is -3.64. The van der Waals surface area contributed by atoms with Gasteiger partial charge in [0.2, 0.25) is 0 Å². The van der Waals surface area contributed by atoms with Gasteiger partial charge in [-0.25, -0.2) is 14.6 Å². The van der Waals surface area contributed by atoms with Crippen LogP contribution >= 0.6 is 23.2 Å². The summed E-state index contributed by atoms with van der Waals surface area (Å²) < 4.78 is 42.8. The van der Waals surface area contributed by atoms with E-state index >= 15 is 0 Å². The van der Waals surface area contributed by atoms with Gasteiger partial charge in [0.05, 0.1) is 38.7 Å². The van der Waals surface area contributed by atoms with Crippen LogP contribution in [-0.4, -0.2) is 42.7 Å². The topological polar surface area (TPSA) is 107 Å². The molecule has 2 amide bonds. The zero-order chi connectivity index (χ0) is 26.5. The Bertz CT molecular complexity index is 1540. The van der Waals surface area contributed by atoms with Crippen molar-refractivity contribution in [2.24, 2.45) is 13.0 Å². The van der Waals surface area contributed by atoms with Crippen LogP contribution in [0.3, 0.4) is 0 Å². The van der Waals surface area contributed by atoms with E-state index in [2.05, 4.69) is 25.7 Å². The SMILES string of the molecule is Cn1cnc2cc(C(=O)NCC3CC3)c(NC(=O)c3cc(C(F)(F)F)nn3-c3ncccc3Cl)c(Cl)c21. The minimum Gasteiger partial charge on any atom is -0.352 e. The van der Waals surface area contributed by atoms with Crippen molar-refractivity contribution in [2.75, 3.05) is 11.9 Å². The molecular formula is C23H18Cl2F3N7O2. The molecule has 1 aliphatic rings. The highest BCUT2D eigenvalue weighted by Crippen LogP contribution is 2.36. The number of aryl methyl sites for hydroxylation is 1. The Kier molecular flexibility index (Phi) is 6.32. The molecule has 5 rings (SSSR count). The smallest absolute Gasteiger partial charge is 0.352 e. The summed E-state index contributed by atoms with van der Waals surface area (Å²) in [4.78, 5) is 34.6. The molecule has 0 atom stereocenters. The van der Waals surface area contributed by atoms with Gasteiger partial charge >= 0.3 is 6.18 Å². The van der Waals surface area contributed by atoms with Crippen molar-refractivity contribution < 1.29 is 22.8 Å². The van der Waals surface area contributed by atoms with E-state index in [-0.39, 0.29) is 27.1 Å². The van der Waals surface area contributed by atoms with E-state index in [4.69, 9.17) is 23.2 Å². The van der Waals surface area contributed by atoms with Crippen molar-refractivity contribution in [3.8, 4) is 5.82 Å². The summed E-state index contributed by atoms with van der Waals surface area (Å²) in [6, 6.07) is 4.92. The number of hydrogen-bond donors (Lipinski definition) is 2. The van der Waals surface area contributed by atoms with Crippen LogP contribution in [0.1, 0.15) is 39.4 Å². The van der Waals surface area contributed by atoms with E-state index in [1.165, 1.54) is 30.7 Å². The molecule has 1 saturated carbocycles. The first-order valence-electron chi connectivity index (χ1n) is 11.1. The van der Waals surface area contributed by atoms with Crippen molar-refractivity contribution in [3.05, 3.63) is 63.8 Å². The Morgan fingerprint density at radius 1 is 1.16 bits per heavy atom. The first-order chi connectivity index (χ1) is 17.5. The predicted molar refractivity (Wildman–Crippen MR) is 130 cm³/mol. The van der Waals surface area contributed by atoms with Crippen molar-refractivity contribution in [1.82, 2.24) is 29.6 Å². The molecular weight excluding hydrogens is 534 g/mol. The highest BCUT2D eigenvalue weighted by molar-refractivity contribution is 6.39. The summed E-state index contributed by atoms with van der Waals surface area (Å²) in [7, 11) is 1.67. The fourth-order valence-corrected chi connectivity index (χ4v) is 4.36. The second kappa shape index (κ2) is 9.34. The Morgan fingerprint density at radius 3 is 2.59 bits per heavy atom. The fourth-order valence-electron chi connectivity index (χ4n) is 3.78. The number of imidazole rings is 1. The third-order valence-corrected chi connectivity index (χ3v) is 6.51. The number of aromatic nitrogens is 5. The number of halogens is 5. The lowest BCUT2D eigenvalue weighted by Gasteiger charge is -2.15. The summed E-state index contributed by atoms with van der Waals surface area (Å²) in [5, 5.41) is 8.82. The zero-order valence-electron chi connectivity index (χ0n) is 19.1. The lowest BCUT2D eigenvalue weighted by atomic mass is 10.1. The number of carbonyl (C=O) groups is 2. The van der Waals surface area contributed by atoms with Crippen LogP contribution in [0.5, 0.6) is 0 Å². The molecule has 1 aliphatic carbocycles. The van der Waals surface area contributed by atoms with Gasteiger partial charge in [-0.15, -0.1) is 0 Å². The Labute approximate surface area is 217 Å². The third-order valence-electron chi connectivity index (χ3n) is 5.85. The highest BCUT2D eigenvalue weighted by atomic mass is 35.5. The van der Waals surface area contributed by atoms with Gasteiger partial charge in [0.15, 0.2) is 11.5 Å². The average molecular weight is 552 g/mol. The third kappa shape index (κ3) is 4.86. The van der Waals surface area contributed by atoms with E-state index in [9.17, 15) is 22.8 Å². The first kappa shape index (κ1) is 25.0. The quantitative estimate of drug-likeness (QED) is 0.355. The van der Waals surface area contributed by atoms with Crippen LogP contribution in [-0.2, 0) is 13.2 Å². The molecule has 37 heavy (non-hydrogen) atoms. The number of fused-ring (bicyclic) bond motifs is 1. The molecule has 3 aromatic heterocycles. The average Bonchev–Trinajstić information content (AvgIpc) is 3.43. The molecule has 0 aliphatic heterocycles. The van der Waals surface area contributed by atoms with Crippen molar-refractivity contribution in [3.63, 3.8) is 0 Å². The summed E-state index contributed by atoms with van der Waals surface area (Å²) in [6.07, 6.45) is -0.0488. The monoisotopic (exact) mass is 551 g/mol. The molecule has 0 spiro atoms. The molecule has 2 N–H and O–H groups in total. The number of hydrogen-bond acceptors (Lipinski definition) is 5. The highest BCUT2D eigenvalue weighted by Gasteiger charge is 2.37. The number of rotatable bonds is 6. The van der Waals surface area contributed by atoms with Gasteiger partial charge in [-0.1, -0.05) is 23.2 Å². The van der Waals surface area contributed by atoms with Crippen LogP contribution in [0.2, 0.25) is 10.0 Å². The number of amides is 2. The van der Waals surface area contributed by atoms with E-state index in [0.29, 0.717) is 34.2 Å². The number of anilines is 1. The molecule has 0 unspecified atom stereocenters. The van der Waals surface area contributed by atoms with Crippen molar-refractivity contribution >= 4 is 51.7 Å². The van der Waals surface area contributed by atoms with Gasteiger partial charge < -0.3 is 15.2 Å². The molecule has 0 saturated heterocycles. The molecule has 1 aromatic carbocycles. The summed E-state index contributed by atoms with van der Waals surface area (Å²) in [5.41, 5.74) is -1.07. The second-order valence-electron chi connectivity index (χ2n) is 8.58. The van der Waals surface area contributed by atoms with Gasteiger partial charge in [0, 0.05) is 25.9 Å². The second-order valence-corrected chi connectivity index (χ2v) is 9.36. The summed E-state index contributed by atoms with van der Waals surface area (Å²) in [6.45, 7) is 0.448. The van der Waals surface area contributed by atoms with Crippen LogP contribution in [0.25, 0.3) is 16.9 Å². The molecule has 3 heterocycles. The van der Waals surface area contributed by atoms with E-state index in [1.54, 1.807) is 11.6 Å². The molecule has 192 valence electrons. The van der Waals surface area contributed by atoms with Crippen molar-refractivity contribution in [2.45, 2.75) is 19.0 Å². The van der Waals surface area contributed by atoms with Gasteiger partial charge in [-0.2, -0.15) is 18.3 Å². The summed E-state index contributed by atoms with van der Waals surface area (Å²) >= 11 is 12.7. The van der Waals surface area contributed by atoms with Crippen LogP contribution in [0.4, 0.5) is 18.9 Å². The number of nitrogens with zero attached hydrogens (tertiary/aromatic N) is 5. The molecule has 4 aromatic rings. The van der Waals surface area contributed by atoms with E-state index in [0.717, 1.165) is 12.8 Å². The minimum absolute atomic E-state index is 0.000371. The van der Waals surface area contributed by atoms with Gasteiger partial charge in [0.25, 0.3) is 11.8 Å². The van der Waals surface area contributed by atoms with Gasteiger partial charge in [-0.3, -0.25) is 9.59 Å². The largest absolute Gasteiger partial charge is 0.435 e.